The summed E-state index contributed by atoms with van der Waals surface area (Å²) in [5, 5.41) is 15.0. The van der Waals surface area contributed by atoms with Gasteiger partial charge in [0, 0.05) is 23.3 Å². The molecule has 3 rings (SSSR count). The number of rotatable bonds is 10. The summed E-state index contributed by atoms with van der Waals surface area (Å²) < 4.78 is 25.2. The van der Waals surface area contributed by atoms with Crippen molar-refractivity contribution in [1.29, 1.82) is 0 Å². The van der Waals surface area contributed by atoms with Crippen LogP contribution in [0.5, 0.6) is 11.5 Å². The highest BCUT2D eigenvalue weighted by Crippen LogP contribution is 2.37. The van der Waals surface area contributed by atoms with E-state index in [-0.39, 0.29) is 29.7 Å². The number of ether oxygens (including phenoxy) is 2. The molecule has 0 saturated carbocycles. The molecule has 0 atom stereocenters. The van der Waals surface area contributed by atoms with Crippen LogP contribution in [0.3, 0.4) is 0 Å². The van der Waals surface area contributed by atoms with Crippen molar-refractivity contribution in [3.63, 3.8) is 0 Å². The van der Waals surface area contributed by atoms with Gasteiger partial charge >= 0.3 is 0 Å². The van der Waals surface area contributed by atoms with Crippen molar-refractivity contribution >= 4 is 23.5 Å². The molecule has 0 unspecified atom stereocenters. The molecule has 0 aliphatic rings. The standard InChI is InChI=1S/C23H20ClFN2O5/c1-2-30-22-12-17(13-26-32-14-16-6-5-8-19(10-16)27(28)29)11-20(24)23(22)31-15-18-7-3-4-9-21(18)25/h3-13H,2,14-15H2,1H3/b26-13-. The Hall–Kier alpha value is -3.65. The zero-order valence-electron chi connectivity index (χ0n) is 17.2. The maximum absolute atomic E-state index is 13.9. The fraction of sp³-hybridized carbons (Fsp3) is 0.174. The van der Waals surface area contributed by atoms with E-state index >= 15 is 0 Å². The van der Waals surface area contributed by atoms with Gasteiger partial charge in [0.25, 0.3) is 5.69 Å². The molecule has 3 aromatic carbocycles. The molecule has 0 aromatic heterocycles. The van der Waals surface area contributed by atoms with Crippen LogP contribution in [-0.2, 0) is 18.1 Å². The van der Waals surface area contributed by atoms with E-state index < -0.39 is 4.92 Å². The first-order chi connectivity index (χ1) is 15.5. The Bertz CT molecular complexity index is 1120. The molecule has 0 radical (unpaired) electrons. The number of hydrogen-bond acceptors (Lipinski definition) is 6. The van der Waals surface area contributed by atoms with E-state index in [4.69, 9.17) is 25.9 Å². The molecule has 32 heavy (non-hydrogen) atoms. The van der Waals surface area contributed by atoms with E-state index in [9.17, 15) is 14.5 Å². The molecule has 3 aromatic rings. The molecule has 166 valence electrons. The lowest BCUT2D eigenvalue weighted by Gasteiger charge is -2.14. The summed E-state index contributed by atoms with van der Waals surface area (Å²) in [5.41, 5.74) is 1.58. The van der Waals surface area contributed by atoms with Crippen LogP contribution in [0, 0.1) is 15.9 Å². The average molecular weight is 459 g/mol. The quantitative estimate of drug-likeness (QED) is 0.214. The first-order valence-electron chi connectivity index (χ1n) is 9.69. The van der Waals surface area contributed by atoms with Crippen molar-refractivity contribution in [2.24, 2.45) is 5.16 Å². The Morgan fingerprint density at radius 2 is 1.91 bits per heavy atom. The van der Waals surface area contributed by atoms with Gasteiger partial charge in [0.15, 0.2) is 11.5 Å². The minimum Gasteiger partial charge on any atom is -0.490 e. The van der Waals surface area contributed by atoms with Crippen LogP contribution in [0.15, 0.2) is 65.8 Å². The molecule has 0 fully saturated rings. The Morgan fingerprint density at radius 1 is 1.09 bits per heavy atom. The van der Waals surface area contributed by atoms with Gasteiger partial charge in [-0.1, -0.05) is 47.1 Å². The normalized spacial score (nSPS) is 10.8. The lowest BCUT2D eigenvalue weighted by atomic mass is 10.2. The molecule has 7 nitrogen and oxygen atoms in total. The lowest BCUT2D eigenvalue weighted by molar-refractivity contribution is -0.384. The smallest absolute Gasteiger partial charge is 0.269 e. The summed E-state index contributed by atoms with van der Waals surface area (Å²) >= 11 is 6.37. The number of nitro groups is 1. The summed E-state index contributed by atoms with van der Waals surface area (Å²) in [7, 11) is 0. The predicted molar refractivity (Wildman–Crippen MR) is 119 cm³/mol. The van der Waals surface area contributed by atoms with E-state index in [2.05, 4.69) is 5.16 Å². The zero-order valence-corrected chi connectivity index (χ0v) is 17.9. The van der Waals surface area contributed by atoms with E-state index in [1.54, 1.807) is 42.5 Å². The Kier molecular flexibility index (Phi) is 7.99. The van der Waals surface area contributed by atoms with E-state index in [0.29, 0.717) is 34.8 Å². The highest BCUT2D eigenvalue weighted by molar-refractivity contribution is 6.32. The van der Waals surface area contributed by atoms with Crippen molar-refractivity contribution in [2.75, 3.05) is 6.61 Å². The third-order valence-electron chi connectivity index (χ3n) is 4.29. The van der Waals surface area contributed by atoms with E-state index in [0.717, 1.165) is 0 Å². The van der Waals surface area contributed by atoms with Crippen LogP contribution < -0.4 is 9.47 Å². The first kappa shape index (κ1) is 23.0. The van der Waals surface area contributed by atoms with Crippen molar-refractivity contribution in [2.45, 2.75) is 20.1 Å². The van der Waals surface area contributed by atoms with Crippen LogP contribution in [0.1, 0.15) is 23.6 Å². The van der Waals surface area contributed by atoms with Crippen molar-refractivity contribution in [3.8, 4) is 11.5 Å². The Labute approximate surface area is 189 Å². The second kappa shape index (κ2) is 11.1. The van der Waals surface area contributed by atoms with Gasteiger partial charge in [-0.3, -0.25) is 10.1 Å². The summed E-state index contributed by atoms with van der Waals surface area (Å²) in [6, 6.07) is 15.7. The number of halogens is 2. The molecule has 0 aliphatic carbocycles. The van der Waals surface area contributed by atoms with Crippen LogP contribution in [-0.4, -0.2) is 17.7 Å². The first-order valence-corrected chi connectivity index (χ1v) is 10.1. The zero-order chi connectivity index (χ0) is 22.9. The van der Waals surface area contributed by atoms with E-state index in [1.165, 1.54) is 24.4 Å². The van der Waals surface area contributed by atoms with Crippen LogP contribution in [0.2, 0.25) is 5.02 Å². The number of oxime groups is 1. The van der Waals surface area contributed by atoms with Gasteiger partial charge in [-0.05, 0) is 30.7 Å². The van der Waals surface area contributed by atoms with Crippen molar-refractivity contribution in [3.05, 3.63) is 98.3 Å². The number of nitro benzene ring substituents is 1. The Balaban J connectivity index is 1.68. The molecule has 9 heteroatoms. The highest BCUT2D eigenvalue weighted by Gasteiger charge is 2.13. The minimum atomic E-state index is -0.472. The highest BCUT2D eigenvalue weighted by atomic mass is 35.5. The second-order valence-electron chi connectivity index (χ2n) is 6.58. The molecular formula is C23H20ClFN2O5. The third-order valence-corrected chi connectivity index (χ3v) is 4.57. The number of nitrogens with zero attached hydrogens (tertiary/aromatic N) is 2. The second-order valence-corrected chi connectivity index (χ2v) is 6.99. The maximum atomic E-state index is 13.9. The summed E-state index contributed by atoms with van der Waals surface area (Å²) in [6.07, 6.45) is 1.44. The molecule has 0 bridgehead atoms. The monoisotopic (exact) mass is 458 g/mol. The van der Waals surface area contributed by atoms with E-state index in [1.807, 2.05) is 6.92 Å². The SMILES string of the molecule is CCOc1cc(/C=N\OCc2cccc([N+](=O)[O-])c2)cc(Cl)c1OCc1ccccc1F. The predicted octanol–water partition coefficient (Wildman–Crippen LogP) is 5.92. The Morgan fingerprint density at radius 3 is 2.66 bits per heavy atom. The van der Waals surface area contributed by atoms with Crippen LogP contribution in [0.25, 0.3) is 0 Å². The van der Waals surface area contributed by atoms with Gasteiger partial charge in [-0.2, -0.15) is 0 Å². The van der Waals surface area contributed by atoms with Gasteiger partial charge in [0.05, 0.1) is 22.8 Å². The molecule has 0 saturated heterocycles. The molecule has 0 spiro atoms. The number of benzene rings is 3. The summed E-state index contributed by atoms with van der Waals surface area (Å²) in [4.78, 5) is 15.6. The summed E-state index contributed by atoms with van der Waals surface area (Å²) in [6.45, 7) is 2.24. The lowest BCUT2D eigenvalue weighted by Crippen LogP contribution is -2.02. The third kappa shape index (κ3) is 6.18. The average Bonchev–Trinajstić information content (AvgIpc) is 2.77. The minimum absolute atomic E-state index is 0.00771. The molecule has 0 amide bonds. The molecule has 0 aliphatic heterocycles. The van der Waals surface area contributed by atoms with Gasteiger partial charge < -0.3 is 14.3 Å². The largest absolute Gasteiger partial charge is 0.490 e. The van der Waals surface area contributed by atoms with Gasteiger partial charge in [0.1, 0.15) is 19.0 Å². The van der Waals surface area contributed by atoms with Gasteiger partial charge in [0.2, 0.25) is 0 Å². The molecule has 0 N–H and O–H groups in total. The van der Waals surface area contributed by atoms with Crippen LogP contribution >= 0.6 is 11.6 Å². The summed E-state index contributed by atoms with van der Waals surface area (Å²) in [5.74, 6) is 0.314. The van der Waals surface area contributed by atoms with Crippen molar-refractivity contribution < 1.29 is 23.6 Å². The topological polar surface area (TPSA) is 83.2 Å². The fourth-order valence-electron chi connectivity index (χ4n) is 2.80. The van der Waals surface area contributed by atoms with Crippen LogP contribution in [0.4, 0.5) is 10.1 Å². The number of hydrogen-bond donors (Lipinski definition) is 0. The molecule has 0 heterocycles. The van der Waals surface area contributed by atoms with Gasteiger partial charge in [-0.25, -0.2) is 4.39 Å². The maximum Gasteiger partial charge on any atom is 0.269 e. The molecular weight excluding hydrogens is 439 g/mol. The van der Waals surface area contributed by atoms with Gasteiger partial charge in [-0.15, -0.1) is 0 Å². The number of non-ortho nitro benzene ring substituents is 1. The van der Waals surface area contributed by atoms with Crippen molar-refractivity contribution in [1.82, 2.24) is 0 Å². The fourth-order valence-corrected chi connectivity index (χ4v) is 3.07.